The van der Waals surface area contributed by atoms with Gasteiger partial charge in [-0.3, -0.25) is 19.4 Å². The molecule has 4 heterocycles. The van der Waals surface area contributed by atoms with Crippen LogP contribution in [0.3, 0.4) is 0 Å². The summed E-state index contributed by atoms with van der Waals surface area (Å²) in [6.07, 6.45) is 16.2. The van der Waals surface area contributed by atoms with Gasteiger partial charge in [-0.05, 0) is 61.5 Å². The normalized spacial score (nSPS) is 16.4. The summed E-state index contributed by atoms with van der Waals surface area (Å²) in [5.41, 5.74) is 6.40. The first kappa shape index (κ1) is 33.8. The van der Waals surface area contributed by atoms with E-state index >= 15 is 0 Å². The first-order valence-electron chi connectivity index (χ1n) is 17.0. The summed E-state index contributed by atoms with van der Waals surface area (Å²) < 4.78 is 6.92. The van der Waals surface area contributed by atoms with Crippen molar-refractivity contribution in [2.45, 2.75) is 84.1 Å². The summed E-state index contributed by atoms with van der Waals surface area (Å²) in [5.74, 6) is 1.88. The van der Waals surface area contributed by atoms with E-state index in [0.717, 1.165) is 71.6 Å². The van der Waals surface area contributed by atoms with E-state index in [4.69, 9.17) is 24.8 Å². The lowest BCUT2D eigenvalue weighted by molar-refractivity contribution is -0.119. The zero-order valence-electron chi connectivity index (χ0n) is 29.3. The summed E-state index contributed by atoms with van der Waals surface area (Å²) in [7, 11) is 3.47. The van der Waals surface area contributed by atoms with Crippen LogP contribution in [0.4, 0.5) is 5.82 Å². The van der Waals surface area contributed by atoms with Crippen LogP contribution in [0, 0.1) is 12.8 Å². The molecule has 0 saturated heterocycles. The van der Waals surface area contributed by atoms with Gasteiger partial charge in [-0.1, -0.05) is 51.1 Å². The summed E-state index contributed by atoms with van der Waals surface area (Å²) in [6.45, 7) is 8.64. The zero-order chi connectivity index (χ0) is 34.5. The third kappa shape index (κ3) is 7.98. The van der Waals surface area contributed by atoms with E-state index in [1.54, 1.807) is 24.8 Å². The third-order valence-corrected chi connectivity index (χ3v) is 9.27. The Morgan fingerprint density at radius 2 is 1.65 bits per heavy atom. The molecule has 1 amide bonds. The van der Waals surface area contributed by atoms with Crippen LogP contribution in [-0.4, -0.2) is 58.7 Å². The Kier molecular flexibility index (Phi) is 10.1. The molecule has 0 radical (unpaired) electrons. The van der Waals surface area contributed by atoms with Crippen molar-refractivity contribution < 1.29 is 9.53 Å². The van der Waals surface area contributed by atoms with Crippen LogP contribution in [-0.2, 0) is 30.1 Å². The first-order chi connectivity index (χ1) is 23.6. The quantitative estimate of drug-likeness (QED) is 0.165. The number of amides is 1. The molecule has 1 fully saturated rings. The number of ether oxygens (including phenoxy) is 1. The molecule has 254 valence electrons. The molecule has 6 rings (SSSR count). The fourth-order valence-corrected chi connectivity index (χ4v) is 6.64. The number of aromatic nitrogens is 8. The number of aryl methyl sites for hydroxylation is 3. The van der Waals surface area contributed by atoms with Gasteiger partial charge in [0.2, 0.25) is 5.91 Å². The van der Waals surface area contributed by atoms with Gasteiger partial charge in [0.05, 0.1) is 30.9 Å². The minimum Gasteiger partial charge on any atom is -0.467 e. The molecule has 4 aromatic heterocycles. The molecule has 1 saturated carbocycles. The topological polar surface area (TPSA) is 125 Å². The number of anilines is 1. The number of methoxy groups -OCH3 is 1. The number of nitrogens with zero attached hydrogens (tertiary/aromatic N) is 9. The summed E-state index contributed by atoms with van der Waals surface area (Å²) in [6, 6.07) is 10.4. The standard InChI is InChI=1S/C38H45N9O2/c1-25-24-46(5)45-35(25)36-30(38(2,3)4)21-40-32(44-36)18-27-12-15-29(16-13-27)47(34(48)17-14-26-10-8-7-9-11-26)33-23-39-31(22-41-33)28-19-42-37(49-6)43-20-28/h7-11,19-24,27,29H,12-18H2,1-6H3. The van der Waals surface area contributed by atoms with E-state index in [9.17, 15) is 4.79 Å². The van der Waals surface area contributed by atoms with E-state index in [2.05, 4.69) is 54.8 Å². The van der Waals surface area contributed by atoms with Crippen LogP contribution in [0.1, 0.15) is 75.4 Å². The Morgan fingerprint density at radius 1 is 0.918 bits per heavy atom. The lowest BCUT2D eigenvalue weighted by atomic mass is 9.82. The maximum atomic E-state index is 13.9. The van der Waals surface area contributed by atoms with Gasteiger partial charge in [-0.25, -0.2) is 24.9 Å². The molecule has 5 aromatic rings. The van der Waals surface area contributed by atoms with Crippen molar-refractivity contribution >= 4 is 11.7 Å². The molecule has 0 unspecified atom stereocenters. The second-order valence-corrected chi connectivity index (χ2v) is 14.0. The van der Waals surface area contributed by atoms with Crippen molar-refractivity contribution in [1.82, 2.24) is 39.7 Å². The van der Waals surface area contributed by atoms with Crippen molar-refractivity contribution in [1.29, 1.82) is 0 Å². The molecule has 0 bridgehead atoms. The summed E-state index contributed by atoms with van der Waals surface area (Å²) in [4.78, 5) is 43.5. The van der Waals surface area contributed by atoms with Crippen LogP contribution in [0.25, 0.3) is 22.6 Å². The van der Waals surface area contributed by atoms with Gasteiger partial charge in [0.15, 0.2) is 5.82 Å². The maximum Gasteiger partial charge on any atom is 0.316 e. The van der Waals surface area contributed by atoms with Gasteiger partial charge in [-0.2, -0.15) is 5.10 Å². The van der Waals surface area contributed by atoms with Crippen molar-refractivity contribution in [3.8, 4) is 28.7 Å². The monoisotopic (exact) mass is 659 g/mol. The molecule has 11 nitrogen and oxygen atoms in total. The average Bonchev–Trinajstić information content (AvgIpc) is 3.45. The molecule has 11 heteroatoms. The molecular formula is C38H45N9O2. The Balaban J connectivity index is 1.19. The van der Waals surface area contributed by atoms with Gasteiger partial charge in [-0.15, -0.1) is 0 Å². The van der Waals surface area contributed by atoms with Gasteiger partial charge < -0.3 is 4.74 Å². The minimum atomic E-state index is -0.115. The largest absolute Gasteiger partial charge is 0.467 e. The molecule has 0 aliphatic heterocycles. The number of hydrogen-bond donors (Lipinski definition) is 0. The van der Waals surface area contributed by atoms with E-state index in [1.807, 2.05) is 47.2 Å². The first-order valence-corrected chi connectivity index (χ1v) is 17.0. The van der Waals surface area contributed by atoms with E-state index in [1.165, 1.54) is 7.11 Å². The van der Waals surface area contributed by atoms with Crippen LogP contribution < -0.4 is 9.64 Å². The number of rotatable bonds is 10. The summed E-state index contributed by atoms with van der Waals surface area (Å²) >= 11 is 0. The van der Waals surface area contributed by atoms with Crippen LogP contribution in [0.15, 0.2) is 67.5 Å². The fourth-order valence-electron chi connectivity index (χ4n) is 6.64. The van der Waals surface area contributed by atoms with Gasteiger partial charge in [0.1, 0.15) is 11.5 Å². The van der Waals surface area contributed by atoms with Crippen molar-refractivity contribution in [3.63, 3.8) is 0 Å². The lowest BCUT2D eigenvalue weighted by Crippen LogP contribution is -2.43. The highest BCUT2D eigenvalue weighted by molar-refractivity contribution is 5.93. The minimum absolute atomic E-state index is 0.0277. The highest BCUT2D eigenvalue weighted by Gasteiger charge is 2.32. The number of carbonyl (C=O) groups is 1. The highest BCUT2D eigenvalue weighted by atomic mass is 16.5. The van der Waals surface area contributed by atoms with Crippen LogP contribution in [0.2, 0.25) is 0 Å². The fraction of sp³-hybridized carbons (Fsp3) is 0.421. The van der Waals surface area contributed by atoms with Gasteiger partial charge in [0, 0.05) is 61.8 Å². The van der Waals surface area contributed by atoms with Crippen molar-refractivity contribution in [3.05, 3.63) is 90.0 Å². The predicted molar refractivity (Wildman–Crippen MR) is 189 cm³/mol. The SMILES string of the molecule is COc1ncc(-c2cnc(N(C(=O)CCc3ccccc3)C3CCC(Cc4ncc(C(C)(C)C)c(-c5nn(C)cc5C)n4)CC3)cn2)cn1. The second kappa shape index (κ2) is 14.6. The van der Waals surface area contributed by atoms with Gasteiger partial charge >= 0.3 is 6.01 Å². The van der Waals surface area contributed by atoms with E-state index in [0.29, 0.717) is 30.3 Å². The maximum absolute atomic E-state index is 13.9. The molecule has 1 aliphatic carbocycles. The van der Waals surface area contributed by atoms with E-state index in [-0.39, 0.29) is 23.4 Å². The number of hydrogen-bond acceptors (Lipinski definition) is 9. The molecule has 1 aromatic carbocycles. The molecule has 49 heavy (non-hydrogen) atoms. The molecule has 0 atom stereocenters. The lowest BCUT2D eigenvalue weighted by Gasteiger charge is -2.36. The zero-order valence-corrected chi connectivity index (χ0v) is 29.3. The number of carbonyl (C=O) groups excluding carboxylic acids is 1. The molecule has 1 aliphatic rings. The Bertz CT molecular complexity index is 1860. The molecule has 0 spiro atoms. The second-order valence-electron chi connectivity index (χ2n) is 14.0. The average molecular weight is 660 g/mol. The highest BCUT2D eigenvalue weighted by Crippen LogP contribution is 2.35. The van der Waals surface area contributed by atoms with E-state index < -0.39 is 0 Å². The van der Waals surface area contributed by atoms with Gasteiger partial charge in [0.25, 0.3) is 0 Å². The Hall–Kier alpha value is -5.06. The predicted octanol–water partition coefficient (Wildman–Crippen LogP) is 6.51. The van der Waals surface area contributed by atoms with Crippen LogP contribution in [0.5, 0.6) is 6.01 Å². The van der Waals surface area contributed by atoms with Crippen molar-refractivity contribution in [2.75, 3.05) is 12.0 Å². The Morgan fingerprint density at radius 3 is 2.27 bits per heavy atom. The molecule has 0 N–H and O–H groups in total. The van der Waals surface area contributed by atoms with Crippen molar-refractivity contribution in [2.24, 2.45) is 13.0 Å². The smallest absolute Gasteiger partial charge is 0.316 e. The molecular weight excluding hydrogens is 614 g/mol. The summed E-state index contributed by atoms with van der Waals surface area (Å²) in [5, 5.41) is 4.75. The Labute approximate surface area is 288 Å². The third-order valence-electron chi connectivity index (χ3n) is 9.27. The number of benzene rings is 1. The van der Waals surface area contributed by atoms with Crippen LogP contribution >= 0.6 is 0 Å².